The number of amides is 1. The Kier molecular flexibility index (Phi) is 4.42. The lowest BCUT2D eigenvalue weighted by Crippen LogP contribution is -2.27. The van der Waals surface area contributed by atoms with E-state index in [9.17, 15) is 4.79 Å². The van der Waals surface area contributed by atoms with Crippen LogP contribution in [0.2, 0.25) is 0 Å². The van der Waals surface area contributed by atoms with Crippen LogP contribution in [0.25, 0.3) is 0 Å². The van der Waals surface area contributed by atoms with Crippen LogP contribution in [0.15, 0.2) is 18.3 Å². The Morgan fingerprint density at radius 1 is 1.43 bits per heavy atom. The minimum absolute atomic E-state index is 0.166. The van der Waals surface area contributed by atoms with E-state index in [1.54, 1.807) is 6.20 Å². The zero-order valence-corrected chi connectivity index (χ0v) is 12.7. The molecule has 0 spiro atoms. The van der Waals surface area contributed by atoms with Gasteiger partial charge >= 0.3 is 0 Å². The summed E-state index contributed by atoms with van der Waals surface area (Å²) in [4.78, 5) is 16.4. The van der Waals surface area contributed by atoms with Crippen molar-refractivity contribution in [3.05, 3.63) is 23.9 Å². The van der Waals surface area contributed by atoms with Crippen LogP contribution in [-0.4, -0.2) is 17.5 Å². The van der Waals surface area contributed by atoms with E-state index in [4.69, 9.17) is 4.74 Å². The standard InChI is InChI=1S/C17H24N2O2/c1-2-21-17-14(4-3-7-18-17)11-19-16(20)10-15-9-12-5-6-13(15)8-12/h3-4,7,12-13,15H,2,5-6,8-11H2,1H3,(H,19,20). The SMILES string of the molecule is CCOc1ncccc1CNC(=O)CC1CC2CCC1C2. The predicted octanol–water partition coefficient (Wildman–Crippen LogP) is 2.92. The summed E-state index contributed by atoms with van der Waals surface area (Å²) in [5.74, 6) is 3.11. The molecule has 1 heterocycles. The molecule has 3 unspecified atom stereocenters. The van der Waals surface area contributed by atoms with E-state index >= 15 is 0 Å². The lowest BCUT2D eigenvalue weighted by Gasteiger charge is -2.21. The first-order chi connectivity index (χ1) is 10.3. The van der Waals surface area contributed by atoms with Crippen molar-refractivity contribution in [3.63, 3.8) is 0 Å². The number of pyridine rings is 1. The number of nitrogens with one attached hydrogen (secondary N) is 1. The number of hydrogen-bond donors (Lipinski definition) is 1. The summed E-state index contributed by atoms with van der Waals surface area (Å²) >= 11 is 0. The Hall–Kier alpha value is -1.58. The van der Waals surface area contributed by atoms with Crippen LogP contribution in [-0.2, 0) is 11.3 Å². The molecule has 0 aromatic carbocycles. The molecule has 1 aromatic heterocycles. The normalized spacial score (nSPS) is 26.8. The van der Waals surface area contributed by atoms with Crippen molar-refractivity contribution in [2.45, 2.75) is 45.6 Å². The molecular weight excluding hydrogens is 264 g/mol. The van der Waals surface area contributed by atoms with Crippen LogP contribution in [0.3, 0.4) is 0 Å². The summed E-state index contributed by atoms with van der Waals surface area (Å²) in [5.41, 5.74) is 0.945. The Balaban J connectivity index is 1.49. The van der Waals surface area contributed by atoms with E-state index in [-0.39, 0.29) is 5.91 Å². The van der Waals surface area contributed by atoms with Gasteiger partial charge in [0.2, 0.25) is 11.8 Å². The Morgan fingerprint density at radius 3 is 3.05 bits per heavy atom. The van der Waals surface area contributed by atoms with Gasteiger partial charge in [0.05, 0.1) is 6.61 Å². The average molecular weight is 288 g/mol. The number of carbonyl (C=O) groups is 1. The van der Waals surface area contributed by atoms with Crippen molar-refractivity contribution in [2.75, 3.05) is 6.61 Å². The highest BCUT2D eigenvalue weighted by molar-refractivity contribution is 5.76. The second-order valence-corrected chi connectivity index (χ2v) is 6.32. The molecular formula is C17H24N2O2. The van der Waals surface area contributed by atoms with E-state index in [0.29, 0.717) is 31.4 Å². The maximum atomic E-state index is 12.1. The molecule has 4 nitrogen and oxygen atoms in total. The molecule has 1 N–H and O–H groups in total. The van der Waals surface area contributed by atoms with Gasteiger partial charge in [-0.25, -0.2) is 4.98 Å². The highest BCUT2D eigenvalue weighted by Gasteiger charge is 2.39. The molecule has 0 saturated heterocycles. The summed E-state index contributed by atoms with van der Waals surface area (Å²) in [6.45, 7) is 3.03. The van der Waals surface area contributed by atoms with Crippen molar-refractivity contribution >= 4 is 5.91 Å². The number of fused-ring (bicyclic) bond motifs is 2. The molecule has 2 bridgehead atoms. The molecule has 21 heavy (non-hydrogen) atoms. The fourth-order valence-corrected chi connectivity index (χ4v) is 3.96. The molecule has 1 amide bonds. The average Bonchev–Trinajstić information content (AvgIpc) is 3.09. The maximum Gasteiger partial charge on any atom is 0.220 e. The number of carbonyl (C=O) groups excluding carboxylic acids is 1. The maximum absolute atomic E-state index is 12.1. The number of aromatic nitrogens is 1. The summed E-state index contributed by atoms with van der Waals surface area (Å²) in [7, 11) is 0. The van der Waals surface area contributed by atoms with Crippen molar-refractivity contribution in [3.8, 4) is 5.88 Å². The topological polar surface area (TPSA) is 51.2 Å². The molecule has 2 aliphatic rings. The van der Waals surface area contributed by atoms with E-state index < -0.39 is 0 Å². The highest BCUT2D eigenvalue weighted by atomic mass is 16.5. The first-order valence-electron chi connectivity index (χ1n) is 8.09. The third kappa shape index (κ3) is 3.36. The lowest BCUT2D eigenvalue weighted by molar-refractivity contribution is -0.122. The van der Waals surface area contributed by atoms with Gasteiger partial charge in [-0.2, -0.15) is 0 Å². The van der Waals surface area contributed by atoms with Crippen molar-refractivity contribution < 1.29 is 9.53 Å². The monoisotopic (exact) mass is 288 g/mol. The number of nitrogens with zero attached hydrogens (tertiary/aromatic N) is 1. The second kappa shape index (κ2) is 6.46. The number of hydrogen-bond acceptors (Lipinski definition) is 3. The van der Waals surface area contributed by atoms with Gasteiger partial charge in [-0.3, -0.25) is 4.79 Å². The van der Waals surface area contributed by atoms with Gasteiger partial charge in [0.15, 0.2) is 0 Å². The van der Waals surface area contributed by atoms with Crippen LogP contribution >= 0.6 is 0 Å². The van der Waals surface area contributed by atoms with Crippen LogP contribution in [0.5, 0.6) is 5.88 Å². The molecule has 4 heteroatoms. The molecule has 2 fully saturated rings. The first-order valence-corrected chi connectivity index (χ1v) is 8.09. The Labute approximate surface area is 126 Å². The number of rotatable bonds is 6. The molecule has 2 saturated carbocycles. The molecule has 1 aromatic rings. The molecule has 114 valence electrons. The minimum Gasteiger partial charge on any atom is -0.478 e. The smallest absolute Gasteiger partial charge is 0.220 e. The zero-order valence-electron chi connectivity index (χ0n) is 12.7. The van der Waals surface area contributed by atoms with Gasteiger partial charge in [-0.05, 0) is 50.0 Å². The van der Waals surface area contributed by atoms with Crippen LogP contribution in [0, 0.1) is 17.8 Å². The predicted molar refractivity (Wildman–Crippen MR) is 80.8 cm³/mol. The van der Waals surface area contributed by atoms with Gasteiger partial charge in [0.1, 0.15) is 0 Å². The van der Waals surface area contributed by atoms with Crippen LogP contribution < -0.4 is 10.1 Å². The summed E-state index contributed by atoms with van der Waals surface area (Å²) in [5, 5.41) is 3.03. The fraction of sp³-hybridized carbons (Fsp3) is 0.647. The summed E-state index contributed by atoms with van der Waals surface area (Å²) in [6.07, 6.45) is 7.73. The van der Waals surface area contributed by atoms with Crippen molar-refractivity contribution in [2.24, 2.45) is 17.8 Å². The van der Waals surface area contributed by atoms with E-state index in [1.807, 2.05) is 19.1 Å². The van der Waals surface area contributed by atoms with Crippen LogP contribution in [0.1, 0.15) is 44.6 Å². The zero-order chi connectivity index (χ0) is 14.7. The van der Waals surface area contributed by atoms with Gasteiger partial charge in [-0.15, -0.1) is 0 Å². The van der Waals surface area contributed by atoms with E-state index in [1.165, 1.54) is 25.7 Å². The summed E-state index contributed by atoms with van der Waals surface area (Å²) in [6, 6.07) is 3.83. The highest BCUT2D eigenvalue weighted by Crippen LogP contribution is 2.49. The summed E-state index contributed by atoms with van der Waals surface area (Å²) < 4.78 is 5.48. The second-order valence-electron chi connectivity index (χ2n) is 6.32. The largest absolute Gasteiger partial charge is 0.478 e. The van der Waals surface area contributed by atoms with E-state index in [0.717, 1.165) is 17.4 Å². The van der Waals surface area contributed by atoms with Gasteiger partial charge < -0.3 is 10.1 Å². The number of ether oxygens (including phenoxy) is 1. The van der Waals surface area contributed by atoms with Crippen molar-refractivity contribution in [1.82, 2.24) is 10.3 Å². The quantitative estimate of drug-likeness (QED) is 0.875. The van der Waals surface area contributed by atoms with Gasteiger partial charge in [0.25, 0.3) is 0 Å². The first kappa shape index (κ1) is 14.4. The van der Waals surface area contributed by atoms with E-state index in [2.05, 4.69) is 10.3 Å². The molecule has 3 atom stereocenters. The van der Waals surface area contributed by atoms with Crippen LogP contribution in [0.4, 0.5) is 0 Å². The molecule has 0 radical (unpaired) electrons. The van der Waals surface area contributed by atoms with Crippen molar-refractivity contribution in [1.29, 1.82) is 0 Å². The lowest BCUT2D eigenvalue weighted by atomic mass is 9.86. The third-order valence-corrected chi connectivity index (χ3v) is 4.94. The Morgan fingerprint density at radius 2 is 2.33 bits per heavy atom. The molecule has 2 aliphatic carbocycles. The fourth-order valence-electron chi connectivity index (χ4n) is 3.96. The minimum atomic E-state index is 0.166. The van der Waals surface area contributed by atoms with Gasteiger partial charge in [-0.1, -0.05) is 12.5 Å². The molecule has 0 aliphatic heterocycles. The van der Waals surface area contributed by atoms with Gasteiger partial charge in [0, 0.05) is 24.7 Å². The molecule has 3 rings (SSSR count). The third-order valence-electron chi connectivity index (χ3n) is 4.94. The Bertz CT molecular complexity index is 503.